The molecule has 0 saturated heterocycles. The summed E-state index contributed by atoms with van der Waals surface area (Å²) in [5.41, 5.74) is 6.68. The predicted octanol–water partition coefficient (Wildman–Crippen LogP) is 2.76. The molecule has 1 aromatic carbocycles. The van der Waals surface area contributed by atoms with E-state index in [4.69, 9.17) is 10.3 Å². The molecule has 0 aliphatic rings. The van der Waals surface area contributed by atoms with Crippen LogP contribution in [0.5, 0.6) is 0 Å². The largest absolute Gasteiger partial charge is 0.355 e. The van der Waals surface area contributed by atoms with E-state index in [0.29, 0.717) is 11.8 Å². The fourth-order valence-corrected chi connectivity index (χ4v) is 2.42. The van der Waals surface area contributed by atoms with E-state index in [1.54, 1.807) is 12.1 Å². The molecule has 1 amide bonds. The van der Waals surface area contributed by atoms with Crippen LogP contribution in [0.2, 0.25) is 0 Å². The number of nitrogens with one attached hydrogen (secondary N) is 1. The summed E-state index contributed by atoms with van der Waals surface area (Å²) in [7, 11) is -4.02. The van der Waals surface area contributed by atoms with E-state index < -0.39 is 10.1 Å². The SMILES string of the molecule is CC(C)CCNC(=O)C(N)CC(C)C.Cc1ccc(S(=O)(=O)O)cc1. The summed E-state index contributed by atoms with van der Waals surface area (Å²) in [5, 5.41) is 2.86. The van der Waals surface area contributed by atoms with Crippen molar-refractivity contribution in [2.24, 2.45) is 17.6 Å². The molecule has 0 spiro atoms. The highest BCUT2D eigenvalue weighted by Gasteiger charge is 2.14. The maximum atomic E-state index is 11.4. The number of hydrogen-bond acceptors (Lipinski definition) is 4. The molecule has 25 heavy (non-hydrogen) atoms. The van der Waals surface area contributed by atoms with Gasteiger partial charge < -0.3 is 11.1 Å². The third-order valence-corrected chi connectivity index (χ3v) is 4.27. The third-order valence-electron chi connectivity index (χ3n) is 3.40. The summed E-state index contributed by atoms with van der Waals surface area (Å²) in [5.74, 6) is 1.08. The minimum absolute atomic E-state index is 0.0145. The topological polar surface area (TPSA) is 109 Å². The van der Waals surface area contributed by atoms with Gasteiger partial charge in [0.25, 0.3) is 10.1 Å². The van der Waals surface area contributed by atoms with Crippen LogP contribution in [0.1, 0.15) is 46.1 Å². The standard InChI is InChI=1S/C11H24N2O.C7H8O3S/c1-8(2)5-6-13-11(14)10(12)7-9(3)4;1-6-2-4-7(5-3-6)11(8,9)10/h8-10H,5-7,12H2,1-4H3,(H,13,14);2-5H,1H3,(H,8,9,10). The first kappa shape index (κ1) is 23.6. The van der Waals surface area contributed by atoms with Crippen molar-refractivity contribution in [3.05, 3.63) is 29.8 Å². The molecule has 6 nitrogen and oxygen atoms in total. The zero-order chi connectivity index (χ0) is 19.6. The summed E-state index contributed by atoms with van der Waals surface area (Å²) in [4.78, 5) is 11.4. The minimum atomic E-state index is -4.02. The van der Waals surface area contributed by atoms with Gasteiger partial charge in [-0.15, -0.1) is 0 Å². The van der Waals surface area contributed by atoms with Crippen molar-refractivity contribution in [3.8, 4) is 0 Å². The Hall–Kier alpha value is -1.44. The smallest absolute Gasteiger partial charge is 0.294 e. The van der Waals surface area contributed by atoms with E-state index in [1.807, 2.05) is 6.92 Å². The molecule has 1 atom stereocenters. The van der Waals surface area contributed by atoms with Crippen LogP contribution in [-0.4, -0.2) is 31.5 Å². The Kier molecular flexibility index (Phi) is 10.6. The number of rotatable bonds is 7. The Balaban J connectivity index is 0.000000472. The van der Waals surface area contributed by atoms with Crippen LogP contribution in [0.4, 0.5) is 0 Å². The summed E-state index contributed by atoms with van der Waals surface area (Å²) < 4.78 is 29.6. The molecule has 0 aromatic heterocycles. The van der Waals surface area contributed by atoms with Crippen molar-refractivity contribution < 1.29 is 17.8 Å². The summed E-state index contributed by atoms with van der Waals surface area (Å²) in [6.45, 7) is 11.0. The molecule has 4 N–H and O–H groups in total. The molecule has 0 saturated carbocycles. The lowest BCUT2D eigenvalue weighted by Gasteiger charge is -2.14. The zero-order valence-electron chi connectivity index (χ0n) is 15.8. The summed E-state index contributed by atoms with van der Waals surface area (Å²) in [6.07, 6.45) is 1.77. The molecule has 0 bridgehead atoms. The van der Waals surface area contributed by atoms with Crippen LogP contribution >= 0.6 is 0 Å². The average molecular weight is 373 g/mol. The number of carbonyl (C=O) groups excluding carboxylic acids is 1. The molecule has 7 heteroatoms. The van der Waals surface area contributed by atoms with Crippen LogP contribution in [0.15, 0.2) is 29.2 Å². The second-order valence-electron chi connectivity index (χ2n) is 7.00. The average Bonchev–Trinajstić information content (AvgIpc) is 2.46. The Morgan fingerprint density at radius 2 is 1.64 bits per heavy atom. The van der Waals surface area contributed by atoms with E-state index >= 15 is 0 Å². The predicted molar refractivity (Wildman–Crippen MR) is 101 cm³/mol. The second kappa shape index (κ2) is 11.2. The number of benzene rings is 1. The summed E-state index contributed by atoms with van der Waals surface area (Å²) >= 11 is 0. The van der Waals surface area contributed by atoms with Gasteiger partial charge in [-0.1, -0.05) is 45.4 Å². The highest BCUT2D eigenvalue weighted by molar-refractivity contribution is 7.85. The molecule has 1 unspecified atom stereocenters. The highest BCUT2D eigenvalue weighted by Crippen LogP contribution is 2.08. The molecule has 0 aliphatic carbocycles. The van der Waals surface area contributed by atoms with Gasteiger partial charge in [-0.2, -0.15) is 8.42 Å². The molecular formula is C18H32N2O4S. The van der Waals surface area contributed by atoms with Crippen molar-refractivity contribution in [2.75, 3.05) is 6.54 Å². The van der Waals surface area contributed by atoms with E-state index in [9.17, 15) is 13.2 Å². The van der Waals surface area contributed by atoms with E-state index in [-0.39, 0.29) is 16.8 Å². The van der Waals surface area contributed by atoms with E-state index in [1.165, 1.54) is 12.1 Å². The van der Waals surface area contributed by atoms with E-state index in [2.05, 4.69) is 33.0 Å². The van der Waals surface area contributed by atoms with Gasteiger partial charge in [0.15, 0.2) is 0 Å². The maximum absolute atomic E-state index is 11.4. The Labute approximate surface area is 151 Å². The van der Waals surface area contributed by atoms with Crippen LogP contribution in [0.3, 0.4) is 0 Å². The molecule has 144 valence electrons. The van der Waals surface area contributed by atoms with Crippen molar-refractivity contribution in [2.45, 2.75) is 58.4 Å². The van der Waals surface area contributed by atoms with Crippen LogP contribution in [0, 0.1) is 18.8 Å². The lowest BCUT2D eigenvalue weighted by Crippen LogP contribution is -2.41. The van der Waals surface area contributed by atoms with Crippen LogP contribution in [0.25, 0.3) is 0 Å². The molecule has 0 fully saturated rings. The quantitative estimate of drug-likeness (QED) is 0.638. The van der Waals surface area contributed by atoms with Crippen molar-refractivity contribution in [3.63, 3.8) is 0 Å². The monoisotopic (exact) mass is 372 g/mol. The molecule has 0 radical (unpaired) electrons. The zero-order valence-corrected chi connectivity index (χ0v) is 16.6. The molecule has 1 aromatic rings. The first-order valence-corrected chi connectivity index (χ1v) is 9.95. The van der Waals surface area contributed by atoms with Crippen LogP contribution < -0.4 is 11.1 Å². The number of carbonyl (C=O) groups is 1. The normalized spacial score (nSPS) is 12.5. The highest BCUT2D eigenvalue weighted by atomic mass is 32.2. The van der Waals surface area contributed by atoms with Gasteiger partial charge in [0.2, 0.25) is 5.91 Å². The molecular weight excluding hydrogens is 340 g/mol. The first-order chi connectivity index (χ1) is 11.4. The van der Waals surface area contributed by atoms with Gasteiger partial charge in [-0.3, -0.25) is 9.35 Å². The van der Waals surface area contributed by atoms with Gasteiger partial charge in [-0.25, -0.2) is 0 Å². The van der Waals surface area contributed by atoms with Gasteiger partial charge in [-0.05, 0) is 43.7 Å². The maximum Gasteiger partial charge on any atom is 0.294 e. The number of hydrogen-bond donors (Lipinski definition) is 3. The van der Waals surface area contributed by atoms with E-state index in [0.717, 1.165) is 24.9 Å². The molecule has 0 heterocycles. The van der Waals surface area contributed by atoms with Crippen LogP contribution in [-0.2, 0) is 14.9 Å². The molecule has 1 rings (SSSR count). The van der Waals surface area contributed by atoms with Gasteiger partial charge in [0.1, 0.15) is 0 Å². The Morgan fingerprint density at radius 3 is 2.04 bits per heavy atom. The Bertz CT molecular complexity index is 610. The van der Waals surface area contributed by atoms with Gasteiger partial charge in [0, 0.05) is 6.54 Å². The first-order valence-electron chi connectivity index (χ1n) is 8.51. The number of nitrogens with two attached hydrogens (primary N) is 1. The van der Waals surface area contributed by atoms with Crippen molar-refractivity contribution in [1.29, 1.82) is 0 Å². The Morgan fingerprint density at radius 1 is 1.12 bits per heavy atom. The van der Waals surface area contributed by atoms with Gasteiger partial charge >= 0.3 is 0 Å². The van der Waals surface area contributed by atoms with Crippen molar-refractivity contribution >= 4 is 16.0 Å². The lowest BCUT2D eigenvalue weighted by atomic mass is 10.0. The fraction of sp³-hybridized carbons (Fsp3) is 0.611. The van der Waals surface area contributed by atoms with Gasteiger partial charge in [0.05, 0.1) is 10.9 Å². The molecule has 0 aliphatic heterocycles. The second-order valence-corrected chi connectivity index (χ2v) is 8.42. The fourth-order valence-electron chi connectivity index (χ4n) is 1.94. The third kappa shape index (κ3) is 11.7. The number of aryl methyl sites for hydroxylation is 1. The lowest BCUT2D eigenvalue weighted by molar-refractivity contribution is -0.122. The minimum Gasteiger partial charge on any atom is -0.355 e. The number of amides is 1. The summed E-state index contributed by atoms with van der Waals surface area (Å²) in [6, 6.07) is 5.64. The van der Waals surface area contributed by atoms with Crippen molar-refractivity contribution in [1.82, 2.24) is 5.32 Å².